The Labute approximate surface area is 194 Å². The lowest BCUT2D eigenvalue weighted by molar-refractivity contribution is -0.127. The van der Waals surface area contributed by atoms with Crippen molar-refractivity contribution in [3.8, 4) is 11.4 Å². The van der Waals surface area contributed by atoms with Crippen molar-refractivity contribution in [2.24, 2.45) is 0 Å². The van der Waals surface area contributed by atoms with E-state index in [2.05, 4.69) is 0 Å². The lowest BCUT2D eigenvalue weighted by Gasteiger charge is -2.18. The molecule has 0 aliphatic rings. The number of ether oxygens (including phenoxy) is 1. The monoisotopic (exact) mass is 465 g/mol. The minimum atomic E-state index is -0.190. The van der Waals surface area contributed by atoms with E-state index in [0.29, 0.717) is 40.6 Å². The Morgan fingerprint density at radius 3 is 2.69 bits per heavy atom. The molecule has 4 aromatic rings. The molecule has 8 heteroatoms. The number of amides is 1. The molecular formula is C24H23N3O3S2. The number of thioether (sulfide) groups is 1. The van der Waals surface area contributed by atoms with Crippen molar-refractivity contribution in [2.45, 2.75) is 18.6 Å². The molecule has 0 radical (unpaired) electrons. The average molecular weight is 466 g/mol. The van der Waals surface area contributed by atoms with Crippen LogP contribution in [0.3, 0.4) is 0 Å². The lowest BCUT2D eigenvalue weighted by atomic mass is 10.2. The summed E-state index contributed by atoms with van der Waals surface area (Å²) in [7, 11) is 1.79. The van der Waals surface area contributed by atoms with Gasteiger partial charge in [0.25, 0.3) is 5.56 Å². The molecule has 0 bridgehead atoms. The summed E-state index contributed by atoms with van der Waals surface area (Å²) in [5.74, 6) is 0.733. The largest absolute Gasteiger partial charge is 0.492 e. The van der Waals surface area contributed by atoms with E-state index >= 15 is 0 Å². The molecule has 0 saturated carbocycles. The number of carbonyl (C=O) groups excluding carboxylic acids is 1. The Hall–Kier alpha value is -3.10. The molecule has 0 spiro atoms. The highest BCUT2D eigenvalue weighted by atomic mass is 32.2. The molecule has 1 amide bonds. The number of thiophene rings is 1. The van der Waals surface area contributed by atoms with Crippen LogP contribution in [0.2, 0.25) is 0 Å². The smallest absolute Gasteiger partial charge is 0.266 e. The summed E-state index contributed by atoms with van der Waals surface area (Å²) in [6, 6.07) is 18.6. The van der Waals surface area contributed by atoms with E-state index in [4.69, 9.17) is 9.72 Å². The van der Waals surface area contributed by atoms with E-state index in [-0.39, 0.29) is 17.2 Å². The third-order valence-corrected chi connectivity index (χ3v) is 6.66. The maximum absolute atomic E-state index is 13.5. The molecule has 4 rings (SSSR count). The molecule has 0 N–H and O–H groups in total. The van der Waals surface area contributed by atoms with Gasteiger partial charge in [-0.3, -0.25) is 14.2 Å². The van der Waals surface area contributed by atoms with E-state index in [9.17, 15) is 9.59 Å². The van der Waals surface area contributed by atoms with Crippen LogP contribution in [-0.4, -0.2) is 39.8 Å². The van der Waals surface area contributed by atoms with Crippen LogP contribution in [0.25, 0.3) is 16.6 Å². The first kappa shape index (κ1) is 22.1. The van der Waals surface area contributed by atoms with Crippen molar-refractivity contribution in [1.82, 2.24) is 14.5 Å². The molecule has 0 aliphatic carbocycles. The van der Waals surface area contributed by atoms with Crippen LogP contribution in [-0.2, 0) is 11.3 Å². The van der Waals surface area contributed by atoms with Gasteiger partial charge >= 0.3 is 0 Å². The van der Waals surface area contributed by atoms with Gasteiger partial charge in [-0.1, -0.05) is 42.1 Å². The van der Waals surface area contributed by atoms with Crippen LogP contribution in [0.4, 0.5) is 0 Å². The number of carbonyl (C=O) groups is 1. The van der Waals surface area contributed by atoms with Gasteiger partial charge in [-0.05, 0) is 42.6 Å². The second-order valence-electron chi connectivity index (χ2n) is 7.07. The van der Waals surface area contributed by atoms with Crippen molar-refractivity contribution >= 4 is 39.9 Å². The van der Waals surface area contributed by atoms with Crippen LogP contribution >= 0.6 is 23.1 Å². The van der Waals surface area contributed by atoms with Gasteiger partial charge in [0.1, 0.15) is 5.75 Å². The molecule has 2 aromatic heterocycles. The molecule has 32 heavy (non-hydrogen) atoms. The van der Waals surface area contributed by atoms with Crippen LogP contribution < -0.4 is 10.3 Å². The van der Waals surface area contributed by atoms with E-state index in [1.165, 1.54) is 11.8 Å². The summed E-state index contributed by atoms with van der Waals surface area (Å²) in [4.78, 5) is 33.8. The zero-order valence-electron chi connectivity index (χ0n) is 17.9. The Balaban J connectivity index is 1.70. The fraction of sp³-hybridized carbons (Fsp3) is 0.208. The predicted molar refractivity (Wildman–Crippen MR) is 130 cm³/mol. The SMILES string of the molecule is CCOc1ccccc1-n1c(SCC(=O)N(C)Cc2cccs2)nc2ccccc2c1=O. The van der Waals surface area contributed by atoms with Crippen molar-refractivity contribution in [3.05, 3.63) is 81.3 Å². The van der Waals surface area contributed by atoms with Gasteiger partial charge in [0, 0.05) is 11.9 Å². The third kappa shape index (κ3) is 4.71. The second kappa shape index (κ2) is 10.0. The standard InChI is InChI=1S/C24H23N3O3S2/c1-3-30-21-13-7-6-12-20(21)27-23(29)18-10-4-5-11-19(18)25-24(27)32-16-22(28)26(2)15-17-9-8-14-31-17/h4-14H,3,15-16H2,1-2H3. The van der Waals surface area contributed by atoms with Crippen LogP contribution in [0.15, 0.2) is 76.0 Å². The topological polar surface area (TPSA) is 64.4 Å². The van der Waals surface area contributed by atoms with E-state index in [1.807, 2.05) is 66.9 Å². The zero-order valence-corrected chi connectivity index (χ0v) is 19.5. The summed E-state index contributed by atoms with van der Waals surface area (Å²) < 4.78 is 7.31. The number of nitrogens with zero attached hydrogens (tertiary/aromatic N) is 3. The summed E-state index contributed by atoms with van der Waals surface area (Å²) in [6.45, 7) is 2.93. The normalized spacial score (nSPS) is 10.9. The molecule has 2 aromatic carbocycles. The fourth-order valence-electron chi connectivity index (χ4n) is 3.30. The van der Waals surface area contributed by atoms with Gasteiger partial charge in [0.2, 0.25) is 5.91 Å². The minimum Gasteiger partial charge on any atom is -0.492 e. The molecular weight excluding hydrogens is 442 g/mol. The highest BCUT2D eigenvalue weighted by molar-refractivity contribution is 7.99. The molecule has 6 nitrogen and oxygen atoms in total. The number of fused-ring (bicyclic) bond motifs is 1. The number of hydrogen-bond acceptors (Lipinski definition) is 6. The Morgan fingerprint density at radius 1 is 1.12 bits per heavy atom. The Morgan fingerprint density at radius 2 is 1.91 bits per heavy atom. The Kier molecular flexibility index (Phi) is 6.92. The highest BCUT2D eigenvalue weighted by Crippen LogP contribution is 2.27. The van der Waals surface area contributed by atoms with Crippen molar-refractivity contribution in [2.75, 3.05) is 19.4 Å². The van der Waals surface area contributed by atoms with Crippen molar-refractivity contribution in [1.29, 1.82) is 0 Å². The van der Waals surface area contributed by atoms with Gasteiger partial charge in [0.15, 0.2) is 5.16 Å². The summed E-state index contributed by atoms with van der Waals surface area (Å²) >= 11 is 2.88. The first-order valence-corrected chi connectivity index (χ1v) is 12.1. The minimum absolute atomic E-state index is 0.0320. The first-order chi connectivity index (χ1) is 15.6. The van der Waals surface area contributed by atoms with Crippen molar-refractivity contribution < 1.29 is 9.53 Å². The van der Waals surface area contributed by atoms with Crippen molar-refractivity contribution in [3.63, 3.8) is 0 Å². The summed E-state index contributed by atoms with van der Waals surface area (Å²) in [5.41, 5.74) is 1.02. The van der Waals surface area contributed by atoms with Crippen LogP contribution in [0.1, 0.15) is 11.8 Å². The van der Waals surface area contributed by atoms with Crippen LogP contribution in [0.5, 0.6) is 5.75 Å². The van der Waals surface area contributed by atoms with Gasteiger partial charge in [-0.25, -0.2) is 4.98 Å². The maximum atomic E-state index is 13.5. The van der Waals surface area contributed by atoms with Crippen LogP contribution in [0, 0.1) is 0 Å². The molecule has 0 aliphatic heterocycles. The number of para-hydroxylation sites is 3. The van der Waals surface area contributed by atoms with Gasteiger partial charge in [0.05, 0.1) is 35.5 Å². The third-order valence-electron chi connectivity index (χ3n) is 4.87. The fourth-order valence-corrected chi connectivity index (χ4v) is 5.01. The van der Waals surface area contributed by atoms with Gasteiger partial charge < -0.3 is 9.64 Å². The Bertz CT molecular complexity index is 1290. The average Bonchev–Trinajstić information content (AvgIpc) is 3.31. The number of hydrogen-bond donors (Lipinski definition) is 0. The summed E-state index contributed by atoms with van der Waals surface area (Å²) in [5, 5.41) is 2.97. The number of benzene rings is 2. The summed E-state index contributed by atoms with van der Waals surface area (Å²) in [6.07, 6.45) is 0. The van der Waals surface area contributed by atoms with E-state index in [1.54, 1.807) is 33.9 Å². The van der Waals surface area contributed by atoms with Gasteiger partial charge in [-0.2, -0.15) is 0 Å². The molecule has 0 atom stereocenters. The quantitative estimate of drug-likeness (QED) is 0.281. The first-order valence-electron chi connectivity index (χ1n) is 10.2. The molecule has 0 fully saturated rings. The zero-order chi connectivity index (χ0) is 22.5. The number of rotatable bonds is 8. The molecule has 0 saturated heterocycles. The lowest BCUT2D eigenvalue weighted by Crippen LogP contribution is -2.28. The molecule has 0 unspecified atom stereocenters. The molecule has 2 heterocycles. The number of aromatic nitrogens is 2. The van der Waals surface area contributed by atoms with E-state index < -0.39 is 0 Å². The van der Waals surface area contributed by atoms with E-state index in [0.717, 1.165) is 4.88 Å². The maximum Gasteiger partial charge on any atom is 0.266 e. The van der Waals surface area contributed by atoms with Gasteiger partial charge in [-0.15, -0.1) is 11.3 Å². The predicted octanol–water partition coefficient (Wildman–Crippen LogP) is 4.60. The second-order valence-corrected chi connectivity index (χ2v) is 9.05. The molecule has 164 valence electrons. The highest BCUT2D eigenvalue weighted by Gasteiger charge is 2.18.